The maximum atomic E-state index is 12.5. The Balaban J connectivity index is 2.58. The Morgan fingerprint density at radius 2 is 2.00 bits per heavy atom. The van der Waals surface area contributed by atoms with Crippen LogP contribution in [-0.2, 0) is 20.3 Å². The number of carbonyl (C=O) groups is 2. The Bertz CT molecular complexity index is 469. The van der Waals surface area contributed by atoms with E-state index in [9.17, 15) is 14.0 Å². The molecular weight excluding hydrogens is 291 g/mol. The van der Waals surface area contributed by atoms with Gasteiger partial charge in [-0.15, -0.1) is 0 Å². The molecular formula is C12H14ClFN2O4. The molecule has 20 heavy (non-hydrogen) atoms. The van der Waals surface area contributed by atoms with E-state index < -0.39 is 30.6 Å². The molecule has 2 atom stereocenters. The molecule has 1 aromatic rings. The molecule has 6 nitrogen and oxygen atoms in total. The van der Waals surface area contributed by atoms with Gasteiger partial charge in [0.25, 0.3) is 0 Å². The Morgan fingerprint density at radius 1 is 1.40 bits per heavy atom. The average molecular weight is 305 g/mol. The van der Waals surface area contributed by atoms with Crippen LogP contribution in [0.1, 0.15) is 5.56 Å². The third-order valence-electron chi connectivity index (χ3n) is 2.56. The third-order valence-corrected chi connectivity index (χ3v) is 2.71. The first-order valence-electron chi connectivity index (χ1n) is 5.70. The Morgan fingerprint density at radius 3 is 2.50 bits per heavy atom. The Hall–Kier alpha value is -1.86. The molecule has 4 N–H and O–H groups in total. The lowest BCUT2D eigenvalue weighted by Gasteiger charge is -2.16. The van der Waals surface area contributed by atoms with Crippen LogP contribution in [0.5, 0.6) is 5.75 Å². The zero-order chi connectivity index (χ0) is 15.1. The summed E-state index contributed by atoms with van der Waals surface area (Å²) in [4.78, 5) is 22.7. The maximum absolute atomic E-state index is 12.5. The number of alkyl halides is 1. The molecule has 1 aromatic carbocycles. The summed E-state index contributed by atoms with van der Waals surface area (Å²) >= 11 is 4.81. The minimum atomic E-state index is -1.48. The fourth-order valence-electron chi connectivity index (χ4n) is 1.47. The van der Waals surface area contributed by atoms with E-state index in [4.69, 9.17) is 22.7 Å². The largest absolute Gasteiger partial charge is 0.508 e. The summed E-state index contributed by atoms with van der Waals surface area (Å²) in [6.45, 7) is -1.15. The van der Waals surface area contributed by atoms with E-state index in [0.717, 1.165) is 0 Å². The minimum absolute atomic E-state index is 0.0918. The molecule has 0 spiro atoms. The molecule has 0 saturated heterocycles. The zero-order valence-corrected chi connectivity index (χ0v) is 11.1. The van der Waals surface area contributed by atoms with Crippen molar-refractivity contribution in [2.24, 2.45) is 5.73 Å². The second kappa shape index (κ2) is 7.66. The average Bonchev–Trinajstić information content (AvgIpc) is 2.45. The van der Waals surface area contributed by atoms with Crippen LogP contribution in [0.15, 0.2) is 24.3 Å². The van der Waals surface area contributed by atoms with Gasteiger partial charge in [0.2, 0.25) is 5.91 Å². The summed E-state index contributed by atoms with van der Waals surface area (Å²) in [6.07, 6.45) is 0.168. The van der Waals surface area contributed by atoms with Crippen LogP contribution in [-0.4, -0.2) is 35.7 Å². The van der Waals surface area contributed by atoms with Crippen molar-refractivity contribution in [2.75, 3.05) is 6.67 Å². The SMILES string of the molecule is N[C@@H](Cc1ccc(O)cc1)C(=O)N[C@H](CF)C(=O)OCl. The highest BCUT2D eigenvalue weighted by Gasteiger charge is 2.25. The van der Waals surface area contributed by atoms with Crippen molar-refractivity contribution < 1.29 is 23.4 Å². The molecule has 0 heterocycles. The topological polar surface area (TPSA) is 102 Å². The number of nitrogens with two attached hydrogens (primary N) is 1. The first kappa shape index (κ1) is 16.2. The number of hydrogen-bond donors (Lipinski definition) is 3. The molecule has 1 rings (SSSR count). The van der Waals surface area contributed by atoms with Gasteiger partial charge in [-0.05, 0) is 24.1 Å². The molecule has 0 fully saturated rings. The van der Waals surface area contributed by atoms with Crippen molar-refractivity contribution in [3.63, 3.8) is 0 Å². The number of halogens is 2. The van der Waals surface area contributed by atoms with Gasteiger partial charge in [0.15, 0.2) is 6.04 Å². The highest BCUT2D eigenvalue weighted by Crippen LogP contribution is 2.11. The Kier molecular flexibility index (Phi) is 6.20. The molecule has 0 aliphatic heterocycles. The van der Waals surface area contributed by atoms with Crippen LogP contribution in [0, 0.1) is 0 Å². The van der Waals surface area contributed by atoms with E-state index in [2.05, 4.69) is 9.61 Å². The molecule has 0 aromatic heterocycles. The molecule has 1 amide bonds. The lowest BCUT2D eigenvalue weighted by Crippen LogP contribution is -2.50. The summed E-state index contributed by atoms with van der Waals surface area (Å²) in [5.41, 5.74) is 6.36. The number of benzene rings is 1. The smallest absolute Gasteiger partial charge is 0.349 e. The maximum Gasteiger partial charge on any atom is 0.349 e. The van der Waals surface area contributed by atoms with Crippen molar-refractivity contribution >= 4 is 23.7 Å². The van der Waals surface area contributed by atoms with Gasteiger partial charge in [-0.1, -0.05) is 12.1 Å². The number of amides is 1. The predicted molar refractivity (Wildman–Crippen MR) is 69.6 cm³/mol. The van der Waals surface area contributed by atoms with Crippen LogP contribution in [0.3, 0.4) is 0 Å². The van der Waals surface area contributed by atoms with Gasteiger partial charge in [0.1, 0.15) is 24.3 Å². The Labute approximate surface area is 119 Å². The molecule has 0 saturated carbocycles. The van der Waals surface area contributed by atoms with Crippen LogP contribution in [0.4, 0.5) is 4.39 Å². The minimum Gasteiger partial charge on any atom is -0.508 e. The molecule has 8 heteroatoms. The zero-order valence-electron chi connectivity index (χ0n) is 10.4. The second-order valence-electron chi connectivity index (χ2n) is 4.09. The number of rotatable bonds is 6. The van der Waals surface area contributed by atoms with Gasteiger partial charge in [-0.25, -0.2) is 9.18 Å². The number of phenols is 1. The van der Waals surface area contributed by atoms with E-state index in [1.165, 1.54) is 12.1 Å². The van der Waals surface area contributed by atoms with E-state index >= 15 is 0 Å². The van der Waals surface area contributed by atoms with E-state index in [1.807, 2.05) is 0 Å². The number of carbonyl (C=O) groups excluding carboxylic acids is 2. The standard InChI is InChI=1S/C12H14ClFN2O4/c13-20-12(19)10(6-14)16-11(18)9(15)5-7-1-3-8(17)4-2-7/h1-4,9-10,17H,5-6,15H2,(H,16,18)/t9-,10+/m0/s1. The molecule has 0 unspecified atom stereocenters. The van der Waals surface area contributed by atoms with Crippen molar-refractivity contribution in [1.82, 2.24) is 5.32 Å². The summed E-state index contributed by atoms with van der Waals surface area (Å²) < 4.78 is 16.4. The van der Waals surface area contributed by atoms with Crippen molar-refractivity contribution in [1.29, 1.82) is 0 Å². The van der Waals surface area contributed by atoms with E-state index in [-0.39, 0.29) is 12.2 Å². The fourth-order valence-corrected chi connectivity index (χ4v) is 1.58. The summed E-state index contributed by atoms with van der Waals surface area (Å²) in [5.74, 6) is -1.71. The van der Waals surface area contributed by atoms with Gasteiger partial charge in [-0.2, -0.15) is 0 Å². The molecule has 110 valence electrons. The van der Waals surface area contributed by atoms with Crippen LogP contribution >= 0.6 is 11.9 Å². The van der Waals surface area contributed by atoms with Crippen molar-refractivity contribution in [2.45, 2.75) is 18.5 Å². The summed E-state index contributed by atoms with van der Waals surface area (Å²) in [6, 6.07) is 3.65. The summed E-state index contributed by atoms with van der Waals surface area (Å²) in [7, 11) is 0. The molecule has 0 aliphatic rings. The van der Waals surface area contributed by atoms with Gasteiger partial charge >= 0.3 is 5.97 Å². The number of phenolic OH excluding ortho intramolecular Hbond substituents is 1. The molecule has 0 bridgehead atoms. The number of hydrogen-bond acceptors (Lipinski definition) is 5. The lowest BCUT2D eigenvalue weighted by molar-refractivity contribution is -0.139. The second-order valence-corrected chi connectivity index (χ2v) is 4.24. The van der Waals surface area contributed by atoms with E-state index in [0.29, 0.717) is 5.56 Å². The summed E-state index contributed by atoms with van der Waals surface area (Å²) in [5, 5.41) is 11.2. The quantitative estimate of drug-likeness (QED) is 0.707. The van der Waals surface area contributed by atoms with Crippen LogP contribution in [0.25, 0.3) is 0 Å². The predicted octanol–water partition coefficient (Wildman–Crippen LogP) is 0.413. The first-order valence-corrected chi connectivity index (χ1v) is 6.01. The third kappa shape index (κ3) is 4.67. The normalized spacial score (nSPS) is 13.3. The molecule has 0 aliphatic carbocycles. The van der Waals surface area contributed by atoms with Crippen LogP contribution < -0.4 is 11.1 Å². The van der Waals surface area contributed by atoms with Gasteiger partial charge in [0.05, 0.1) is 6.04 Å². The highest BCUT2D eigenvalue weighted by atomic mass is 35.5. The van der Waals surface area contributed by atoms with Gasteiger partial charge in [-0.3, -0.25) is 4.79 Å². The first-order chi connectivity index (χ1) is 9.47. The van der Waals surface area contributed by atoms with Crippen molar-refractivity contribution in [3.8, 4) is 5.75 Å². The van der Waals surface area contributed by atoms with Gasteiger partial charge in [0, 0.05) is 0 Å². The van der Waals surface area contributed by atoms with Crippen LogP contribution in [0.2, 0.25) is 0 Å². The van der Waals surface area contributed by atoms with Gasteiger partial charge < -0.3 is 20.4 Å². The number of aromatic hydroxyl groups is 1. The van der Waals surface area contributed by atoms with E-state index in [1.54, 1.807) is 12.1 Å². The molecule has 0 radical (unpaired) electrons. The highest BCUT2D eigenvalue weighted by molar-refractivity contribution is 6.14. The monoisotopic (exact) mass is 304 g/mol. The fraction of sp³-hybridized carbons (Fsp3) is 0.333. The number of nitrogens with one attached hydrogen (secondary N) is 1. The lowest BCUT2D eigenvalue weighted by atomic mass is 10.1. The van der Waals surface area contributed by atoms with Crippen molar-refractivity contribution in [3.05, 3.63) is 29.8 Å².